The molecule has 0 saturated carbocycles. The van der Waals surface area contributed by atoms with Crippen LogP contribution in [0.2, 0.25) is 0 Å². The quantitative estimate of drug-likeness (QED) is 0.622. The number of fused-ring (bicyclic) bond motifs is 1. The van der Waals surface area contributed by atoms with E-state index >= 15 is 0 Å². The van der Waals surface area contributed by atoms with E-state index in [0.717, 1.165) is 17.5 Å². The first kappa shape index (κ1) is 18.4. The molecule has 2 heterocycles. The number of rotatable bonds is 4. The Hall–Kier alpha value is -2.93. The van der Waals surface area contributed by atoms with Crippen LogP contribution in [0.25, 0.3) is 17.3 Å². The zero-order valence-electron chi connectivity index (χ0n) is 15.0. The van der Waals surface area contributed by atoms with E-state index in [2.05, 4.69) is 27.8 Å². The minimum Gasteiger partial charge on any atom is -0.369 e. The lowest BCUT2D eigenvalue weighted by Crippen LogP contribution is -2.26. The second kappa shape index (κ2) is 7.24. The summed E-state index contributed by atoms with van der Waals surface area (Å²) in [5, 5.41) is 7.98. The van der Waals surface area contributed by atoms with Crippen molar-refractivity contribution in [1.29, 1.82) is 0 Å². The van der Waals surface area contributed by atoms with Gasteiger partial charge in [-0.25, -0.2) is 9.07 Å². The van der Waals surface area contributed by atoms with Crippen molar-refractivity contribution in [3.05, 3.63) is 76.0 Å². The standard InChI is InChI=1S/C21H18BrFN4O/c1-2-12-5-3-4-6-14(12)17-9-10-25-21-18(20(24)28)19(26-27(17)21)13-7-8-16(23)15(22)11-13/h2-8,11,17,25H,1,9-10H2,(H2,24,28). The molecule has 142 valence electrons. The number of nitrogens with one attached hydrogen (secondary N) is 1. The molecule has 1 unspecified atom stereocenters. The van der Waals surface area contributed by atoms with Crippen LogP contribution in [-0.2, 0) is 0 Å². The van der Waals surface area contributed by atoms with Gasteiger partial charge in [0.15, 0.2) is 0 Å². The summed E-state index contributed by atoms with van der Waals surface area (Å²) in [6.45, 7) is 4.57. The molecule has 3 aromatic rings. The molecule has 1 aliphatic heterocycles. The molecular weight excluding hydrogens is 423 g/mol. The number of carbonyl (C=O) groups excluding carboxylic acids is 1. The molecule has 28 heavy (non-hydrogen) atoms. The molecule has 0 fully saturated rings. The third-order valence-corrected chi connectivity index (χ3v) is 5.54. The van der Waals surface area contributed by atoms with E-state index in [4.69, 9.17) is 10.8 Å². The number of benzene rings is 2. The van der Waals surface area contributed by atoms with Crippen molar-refractivity contribution >= 4 is 33.7 Å². The van der Waals surface area contributed by atoms with Crippen LogP contribution in [0.5, 0.6) is 0 Å². The number of hydrogen-bond acceptors (Lipinski definition) is 3. The molecule has 1 atom stereocenters. The van der Waals surface area contributed by atoms with Crippen molar-refractivity contribution in [2.24, 2.45) is 5.73 Å². The van der Waals surface area contributed by atoms with Crippen molar-refractivity contribution in [2.45, 2.75) is 12.5 Å². The summed E-state index contributed by atoms with van der Waals surface area (Å²) in [5.74, 6) is -0.385. The third kappa shape index (κ3) is 3.01. The van der Waals surface area contributed by atoms with Crippen molar-refractivity contribution in [3.8, 4) is 11.3 Å². The lowest BCUT2D eigenvalue weighted by Gasteiger charge is -2.27. The molecule has 2 aromatic carbocycles. The maximum Gasteiger partial charge on any atom is 0.254 e. The second-order valence-electron chi connectivity index (χ2n) is 6.57. The number of amides is 1. The molecule has 1 aliphatic rings. The molecular formula is C21H18BrFN4O. The zero-order chi connectivity index (χ0) is 19.8. The van der Waals surface area contributed by atoms with Gasteiger partial charge in [-0.15, -0.1) is 0 Å². The molecule has 0 radical (unpaired) electrons. The highest BCUT2D eigenvalue weighted by Gasteiger charge is 2.31. The Morgan fingerprint density at radius 2 is 2.14 bits per heavy atom. The molecule has 0 bridgehead atoms. The Morgan fingerprint density at radius 1 is 1.36 bits per heavy atom. The van der Waals surface area contributed by atoms with Crippen molar-refractivity contribution in [3.63, 3.8) is 0 Å². The number of aromatic nitrogens is 2. The fourth-order valence-corrected chi connectivity index (χ4v) is 4.02. The predicted octanol–water partition coefficient (Wildman–Crippen LogP) is 4.60. The Kier molecular flexibility index (Phi) is 4.77. The van der Waals surface area contributed by atoms with Gasteiger partial charge >= 0.3 is 0 Å². The fraction of sp³-hybridized carbons (Fsp3) is 0.143. The van der Waals surface area contributed by atoms with E-state index in [-0.39, 0.29) is 11.9 Å². The lowest BCUT2D eigenvalue weighted by molar-refractivity contribution is 0.100. The molecule has 5 nitrogen and oxygen atoms in total. The first-order chi connectivity index (χ1) is 13.5. The summed E-state index contributed by atoms with van der Waals surface area (Å²) in [7, 11) is 0. The average Bonchev–Trinajstić information content (AvgIpc) is 3.10. The summed E-state index contributed by atoms with van der Waals surface area (Å²) in [6, 6.07) is 12.4. The SMILES string of the molecule is C=Cc1ccccc1C1CCNc2c(C(N)=O)c(-c3ccc(F)c(Br)c3)nn21. The number of halogens is 2. The largest absolute Gasteiger partial charge is 0.369 e. The van der Waals surface area contributed by atoms with Crippen LogP contribution in [0, 0.1) is 5.82 Å². The molecule has 0 saturated heterocycles. The van der Waals surface area contributed by atoms with E-state index < -0.39 is 5.91 Å². The molecule has 1 aromatic heterocycles. The van der Waals surface area contributed by atoms with Gasteiger partial charge in [-0.2, -0.15) is 5.10 Å². The van der Waals surface area contributed by atoms with Gasteiger partial charge in [0.1, 0.15) is 22.9 Å². The van der Waals surface area contributed by atoms with Gasteiger partial charge in [0.05, 0.1) is 10.5 Å². The van der Waals surface area contributed by atoms with Gasteiger partial charge in [0, 0.05) is 12.1 Å². The molecule has 0 aliphatic carbocycles. The number of anilines is 1. The maximum absolute atomic E-state index is 13.7. The van der Waals surface area contributed by atoms with Gasteiger partial charge in [-0.1, -0.05) is 36.9 Å². The topological polar surface area (TPSA) is 72.9 Å². The smallest absolute Gasteiger partial charge is 0.254 e. The van der Waals surface area contributed by atoms with Crippen LogP contribution in [0.3, 0.4) is 0 Å². The summed E-state index contributed by atoms with van der Waals surface area (Å²) in [6.07, 6.45) is 2.61. The van der Waals surface area contributed by atoms with Crippen molar-refractivity contribution in [1.82, 2.24) is 9.78 Å². The zero-order valence-corrected chi connectivity index (χ0v) is 16.5. The van der Waals surface area contributed by atoms with Gasteiger partial charge in [0.25, 0.3) is 5.91 Å². The van der Waals surface area contributed by atoms with E-state index in [9.17, 15) is 9.18 Å². The van der Waals surface area contributed by atoms with E-state index in [1.807, 2.05) is 30.3 Å². The predicted molar refractivity (Wildman–Crippen MR) is 112 cm³/mol. The molecule has 0 spiro atoms. The van der Waals surface area contributed by atoms with Gasteiger partial charge in [-0.05, 0) is 51.7 Å². The van der Waals surface area contributed by atoms with Gasteiger partial charge < -0.3 is 11.1 Å². The summed E-state index contributed by atoms with van der Waals surface area (Å²) in [5.41, 5.74) is 9.13. The number of hydrogen-bond donors (Lipinski definition) is 2. The minimum atomic E-state index is -0.582. The van der Waals surface area contributed by atoms with E-state index in [0.29, 0.717) is 33.7 Å². The van der Waals surface area contributed by atoms with Gasteiger partial charge in [0.2, 0.25) is 0 Å². The Labute approximate surface area is 170 Å². The lowest BCUT2D eigenvalue weighted by atomic mass is 9.96. The number of nitrogens with zero attached hydrogens (tertiary/aromatic N) is 2. The Bertz CT molecular complexity index is 1090. The average molecular weight is 441 g/mol. The van der Waals surface area contributed by atoms with Crippen molar-refractivity contribution in [2.75, 3.05) is 11.9 Å². The monoisotopic (exact) mass is 440 g/mol. The van der Waals surface area contributed by atoms with Crippen LogP contribution < -0.4 is 11.1 Å². The van der Waals surface area contributed by atoms with Crippen molar-refractivity contribution < 1.29 is 9.18 Å². The van der Waals surface area contributed by atoms with Crippen LogP contribution in [0.4, 0.5) is 10.2 Å². The normalized spacial score (nSPS) is 15.6. The van der Waals surface area contributed by atoms with Gasteiger partial charge in [-0.3, -0.25) is 4.79 Å². The highest BCUT2D eigenvalue weighted by atomic mass is 79.9. The third-order valence-electron chi connectivity index (χ3n) is 4.93. The number of primary amides is 1. The molecule has 3 N–H and O–H groups in total. The summed E-state index contributed by atoms with van der Waals surface area (Å²) >= 11 is 3.19. The second-order valence-corrected chi connectivity index (χ2v) is 7.43. The Morgan fingerprint density at radius 3 is 2.86 bits per heavy atom. The molecule has 7 heteroatoms. The molecule has 1 amide bonds. The van der Waals surface area contributed by atoms with E-state index in [1.165, 1.54) is 6.07 Å². The minimum absolute atomic E-state index is 0.0683. The summed E-state index contributed by atoms with van der Waals surface area (Å²) < 4.78 is 15.8. The first-order valence-electron chi connectivity index (χ1n) is 8.84. The van der Waals surface area contributed by atoms with Crippen LogP contribution in [-0.4, -0.2) is 22.2 Å². The summed E-state index contributed by atoms with van der Waals surface area (Å²) in [4.78, 5) is 12.3. The fourth-order valence-electron chi connectivity index (χ4n) is 3.65. The highest BCUT2D eigenvalue weighted by Crippen LogP contribution is 2.38. The van der Waals surface area contributed by atoms with Crippen LogP contribution in [0.1, 0.15) is 33.9 Å². The van der Waals surface area contributed by atoms with Crippen LogP contribution in [0.15, 0.2) is 53.5 Å². The highest BCUT2D eigenvalue weighted by molar-refractivity contribution is 9.10. The first-order valence-corrected chi connectivity index (χ1v) is 9.63. The Balaban J connectivity index is 1.92. The van der Waals surface area contributed by atoms with Crippen LogP contribution >= 0.6 is 15.9 Å². The number of carbonyl (C=O) groups is 1. The van der Waals surface area contributed by atoms with E-state index in [1.54, 1.807) is 16.8 Å². The number of nitrogens with two attached hydrogens (primary N) is 1. The molecule has 4 rings (SSSR count). The maximum atomic E-state index is 13.7.